The van der Waals surface area contributed by atoms with E-state index in [0.717, 1.165) is 6.42 Å². The Hall–Kier alpha value is -1.24. The van der Waals surface area contributed by atoms with E-state index in [-0.39, 0.29) is 24.0 Å². The Morgan fingerprint density at radius 1 is 1.50 bits per heavy atom. The molecule has 2 aliphatic heterocycles. The topological polar surface area (TPSA) is 101 Å². The molecular weight excluding hydrogens is 254 g/mol. The predicted octanol–water partition coefficient (Wildman–Crippen LogP) is -0.323. The van der Waals surface area contributed by atoms with Gasteiger partial charge in [0.2, 0.25) is 5.91 Å². The monoisotopic (exact) mass is 270 g/mol. The number of rotatable bonds is 6. The molecule has 6 nitrogen and oxygen atoms in total. The largest absolute Gasteiger partial charge is 0.368 e. The third kappa shape index (κ3) is 2.19. The molecule has 0 aromatic carbocycles. The minimum absolute atomic E-state index is 0.0346. The second-order valence-corrected chi connectivity index (χ2v) is 5.97. The number of carbonyl (C=O) groups is 2. The Morgan fingerprint density at radius 2 is 2.28 bits per heavy atom. The van der Waals surface area contributed by atoms with E-state index in [1.165, 1.54) is 11.8 Å². The van der Waals surface area contributed by atoms with Crippen LogP contribution >= 0.6 is 11.8 Å². The number of primary amides is 1. The number of carbonyl (C=O) groups excluding carboxylic acids is 3. The van der Waals surface area contributed by atoms with Crippen molar-refractivity contribution in [1.29, 1.82) is 0 Å². The highest BCUT2D eigenvalue weighted by Crippen LogP contribution is 2.43. The standard InChI is InChI=1S/C11H16N3O3S/c12-9(16)11(4-2-1-3-5-15)8-7(6-18-11)13-10(17)14-8/h7-8H,1-4,6H2,(H2,12,16)(H2,13,14,17)/t7-,8-,11-/m0/s1. The number of fused-ring (bicyclic) bond motifs is 1. The number of hydrogen-bond donors (Lipinski definition) is 3. The van der Waals surface area contributed by atoms with E-state index in [4.69, 9.17) is 5.73 Å². The van der Waals surface area contributed by atoms with Crippen LogP contribution < -0.4 is 16.4 Å². The molecule has 0 aliphatic carbocycles. The van der Waals surface area contributed by atoms with Crippen molar-refractivity contribution in [2.45, 2.75) is 42.5 Å². The molecule has 0 unspecified atom stereocenters. The van der Waals surface area contributed by atoms with Crippen molar-refractivity contribution in [3.63, 3.8) is 0 Å². The summed E-state index contributed by atoms with van der Waals surface area (Å²) in [6.45, 7) is 0. The average Bonchev–Trinajstić information content (AvgIpc) is 2.83. The number of amides is 3. The molecule has 18 heavy (non-hydrogen) atoms. The maximum Gasteiger partial charge on any atom is 0.315 e. The Bertz CT molecular complexity index is 377. The maximum atomic E-state index is 11.8. The van der Waals surface area contributed by atoms with Crippen molar-refractivity contribution < 1.29 is 14.4 Å². The first-order valence-corrected chi connectivity index (χ1v) is 6.94. The molecule has 7 heteroatoms. The molecule has 0 bridgehead atoms. The third-order valence-electron chi connectivity index (χ3n) is 3.52. The molecule has 99 valence electrons. The summed E-state index contributed by atoms with van der Waals surface area (Å²) in [4.78, 5) is 33.2. The van der Waals surface area contributed by atoms with E-state index in [0.29, 0.717) is 25.0 Å². The van der Waals surface area contributed by atoms with Gasteiger partial charge in [-0.2, -0.15) is 0 Å². The van der Waals surface area contributed by atoms with Crippen LogP contribution in [-0.2, 0) is 9.59 Å². The van der Waals surface area contributed by atoms with Crippen LogP contribution in [0.4, 0.5) is 4.79 Å². The number of thioether (sulfide) groups is 1. The first-order chi connectivity index (χ1) is 8.60. The van der Waals surface area contributed by atoms with Gasteiger partial charge in [0.15, 0.2) is 6.29 Å². The van der Waals surface area contributed by atoms with Crippen molar-refractivity contribution in [3.8, 4) is 0 Å². The third-order valence-corrected chi connectivity index (χ3v) is 5.22. The van der Waals surface area contributed by atoms with Crippen molar-refractivity contribution in [1.82, 2.24) is 10.6 Å². The molecule has 0 aromatic heterocycles. The van der Waals surface area contributed by atoms with Gasteiger partial charge in [-0.1, -0.05) is 6.42 Å². The number of nitrogens with two attached hydrogens (primary N) is 1. The number of urea groups is 1. The Kier molecular flexibility index (Phi) is 3.79. The van der Waals surface area contributed by atoms with Gasteiger partial charge in [-0.15, -0.1) is 11.8 Å². The van der Waals surface area contributed by atoms with Crippen molar-refractivity contribution in [2.75, 3.05) is 5.75 Å². The van der Waals surface area contributed by atoms with Gasteiger partial charge >= 0.3 is 6.03 Å². The molecule has 1 radical (unpaired) electrons. The van der Waals surface area contributed by atoms with Gasteiger partial charge in [-0.05, 0) is 12.8 Å². The highest BCUT2D eigenvalue weighted by molar-refractivity contribution is 8.01. The molecule has 3 amide bonds. The van der Waals surface area contributed by atoms with E-state index in [9.17, 15) is 14.4 Å². The van der Waals surface area contributed by atoms with Crippen LogP contribution in [-0.4, -0.2) is 40.8 Å². The Balaban J connectivity index is 2.05. The lowest BCUT2D eigenvalue weighted by atomic mass is 9.89. The minimum Gasteiger partial charge on any atom is -0.368 e. The van der Waals surface area contributed by atoms with Crippen LogP contribution in [0.15, 0.2) is 0 Å². The summed E-state index contributed by atoms with van der Waals surface area (Å²) in [5, 5.41) is 5.57. The van der Waals surface area contributed by atoms with Crippen LogP contribution in [0.3, 0.4) is 0 Å². The van der Waals surface area contributed by atoms with Crippen molar-refractivity contribution in [3.05, 3.63) is 0 Å². The molecule has 3 atom stereocenters. The quantitative estimate of drug-likeness (QED) is 0.454. The number of unbranched alkanes of at least 4 members (excludes halogenated alkanes) is 2. The molecule has 0 spiro atoms. The summed E-state index contributed by atoms with van der Waals surface area (Å²) in [5.41, 5.74) is 5.53. The van der Waals surface area contributed by atoms with E-state index >= 15 is 0 Å². The van der Waals surface area contributed by atoms with Gasteiger partial charge in [0.25, 0.3) is 0 Å². The molecule has 2 rings (SSSR count). The lowest BCUT2D eigenvalue weighted by Crippen LogP contribution is -2.54. The molecule has 2 heterocycles. The minimum atomic E-state index is -0.743. The van der Waals surface area contributed by atoms with Gasteiger partial charge in [-0.25, -0.2) is 4.79 Å². The number of hydrogen-bond acceptors (Lipinski definition) is 4. The summed E-state index contributed by atoms with van der Waals surface area (Å²) in [7, 11) is 0. The summed E-state index contributed by atoms with van der Waals surface area (Å²) < 4.78 is -0.743. The lowest BCUT2D eigenvalue weighted by molar-refractivity contribution is -0.121. The van der Waals surface area contributed by atoms with Crippen LogP contribution in [0.2, 0.25) is 0 Å². The van der Waals surface area contributed by atoms with E-state index in [1.54, 1.807) is 0 Å². The highest BCUT2D eigenvalue weighted by Gasteiger charge is 2.56. The van der Waals surface area contributed by atoms with Crippen LogP contribution in [0.5, 0.6) is 0 Å². The van der Waals surface area contributed by atoms with Gasteiger partial charge in [0.05, 0.1) is 12.1 Å². The molecule has 0 aromatic rings. The summed E-state index contributed by atoms with van der Waals surface area (Å²) >= 11 is 1.50. The first-order valence-electron chi connectivity index (χ1n) is 5.96. The van der Waals surface area contributed by atoms with E-state index < -0.39 is 4.75 Å². The summed E-state index contributed by atoms with van der Waals surface area (Å²) in [6.07, 6.45) is 4.21. The smallest absolute Gasteiger partial charge is 0.315 e. The Morgan fingerprint density at radius 3 is 2.94 bits per heavy atom. The molecule has 2 fully saturated rings. The van der Waals surface area contributed by atoms with Gasteiger partial charge < -0.3 is 16.4 Å². The van der Waals surface area contributed by atoms with E-state index in [1.807, 2.05) is 6.29 Å². The SMILES string of the molecule is NC(=O)[C@@]1(CCCC[C]=O)SC[C@@H]2NC(=O)N[C@@H]21. The van der Waals surface area contributed by atoms with Crippen LogP contribution in [0.25, 0.3) is 0 Å². The zero-order valence-electron chi connectivity index (χ0n) is 9.90. The first kappa shape index (κ1) is 13.2. The second kappa shape index (κ2) is 5.17. The fraction of sp³-hybridized carbons (Fsp3) is 0.727. The van der Waals surface area contributed by atoms with Crippen molar-refractivity contribution >= 4 is 30.0 Å². The summed E-state index contributed by atoms with van der Waals surface area (Å²) in [5.74, 6) is 0.297. The summed E-state index contributed by atoms with van der Waals surface area (Å²) in [6, 6.07) is -0.516. The van der Waals surface area contributed by atoms with Gasteiger partial charge in [-0.3, -0.25) is 9.59 Å². The molecular formula is C11H16N3O3S. The molecule has 2 saturated heterocycles. The predicted molar refractivity (Wildman–Crippen MR) is 67.8 cm³/mol. The van der Waals surface area contributed by atoms with E-state index in [2.05, 4.69) is 10.6 Å². The zero-order valence-corrected chi connectivity index (χ0v) is 10.7. The Labute approximate surface area is 109 Å². The highest BCUT2D eigenvalue weighted by atomic mass is 32.2. The zero-order chi connectivity index (χ0) is 13.2. The molecule has 0 saturated carbocycles. The molecule has 4 N–H and O–H groups in total. The number of nitrogens with one attached hydrogen (secondary N) is 2. The van der Waals surface area contributed by atoms with Crippen LogP contribution in [0.1, 0.15) is 25.7 Å². The van der Waals surface area contributed by atoms with Crippen molar-refractivity contribution in [2.24, 2.45) is 5.73 Å². The van der Waals surface area contributed by atoms with Gasteiger partial charge in [0, 0.05) is 12.2 Å². The normalized spacial score (nSPS) is 33.7. The molecule has 2 aliphatic rings. The fourth-order valence-corrected chi connectivity index (χ4v) is 4.19. The maximum absolute atomic E-state index is 11.8. The van der Waals surface area contributed by atoms with Crippen LogP contribution in [0, 0.1) is 0 Å². The average molecular weight is 270 g/mol. The second-order valence-electron chi connectivity index (χ2n) is 4.62. The lowest BCUT2D eigenvalue weighted by Gasteiger charge is -2.30. The fourth-order valence-electron chi connectivity index (χ4n) is 2.60. The van der Waals surface area contributed by atoms with Gasteiger partial charge in [0.1, 0.15) is 4.75 Å².